The van der Waals surface area contributed by atoms with Crippen LogP contribution >= 0.6 is 23.2 Å². The number of nitrogens with one attached hydrogen (secondary N) is 2. The van der Waals surface area contributed by atoms with Crippen molar-refractivity contribution in [2.75, 3.05) is 5.32 Å². The minimum Gasteiger partial charge on any atom is -0.360 e. The normalized spacial score (nSPS) is 12.6. The van der Waals surface area contributed by atoms with Crippen LogP contribution in [0.2, 0.25) is 10.0 Å². The molecule has 0 aliphatic carbocycles. The fourth-order valence-electron chi connectivity index (χ4n) is 4.23. The molecule has 37 heavy (non-hydrogen) atoms. The molecule has 1 unspecified atom stereocenters. The van der Waals surface area contributed by atoms with E-state index in [1.807, 2.05) is 44.2 Å². The molecule has 9 heteroatoms. The number of alkyl halides is 3. The van der Waals surface area contributed by atoms with Crippen LogP contribution < -0.4 is 10.7 Å². The van der Waals surface area contributed by atoms with Crippen molar-refractivity contribution in [2.45, 2.75) is 32.5 Å². The fraction of sp³-hybridized carbons (Fsp3) is 0.214. The average Bonchev–Trinajstić information content (AvgIpc) is 2.83. The van der Waals surface area contributed by atoms with Gasteiger partial charge in [0, 0.05) is 21.9 Å². The molecule has 0 amide bonds. The van der Waals surface area contributed by atoms with E-state index >= 15 is 0 Å². The maximum absolute atomic E-state index is 13.9. The molecule has 3 aromatic carbocycles. The van der Waals surface area contributed by atoms with E-state index in [9.17, 15) is 22.8 Å². The van der Waals surface area contributed by atoms with Crippen molar-refractivity contribution in [1.82, 2.24) is 4.98 Å². The van der Waals surface area contributed by atoms with Gasteiger partial charge in [-0.3, -0.25) is 9.59 Å². The standard InChI is InChI=1S/C28H23Cl2F3N2O2/c1-15(2)12-22(36)23-26(37)20-13-19(30)14-21(28(31,32)33)25(20)35-27(23)34-24(16-6-4-3-5-7-16)17-8-10-18(29)11-9-17/h3-11,13-15,24H,12H2,1-2H3,(H2,34,35,37). The van der Waals surface area contributed by atoms with Crippen LogP contribution in [-0.4, -0.2) is 10.8 Å². The van der Waals surface area contributed by atoms with Gasteiger partial charge in [0.25, 0.3) is 0 Å². The topological polar surface area (TPSA) is 62.0 Å². The Hall–Kier alpha value is -3.29. The summed E-state index contributed by atoms with van der Waals surface area (Å²) in [6.07, 6.45) is -4.76. The molecule has 1 atom stereocenters. The van der Waals surface area contributed by atoms with Crippen LogP contribution in [0.4, 0.5) is 19.0 Å². The first-order valence-corrected chi connectivity index (χ1v) is 12.3. The van der Waals surface area contributed by atoms with Crippen molar-refractivity contribution in [3.63, 3.8) is 0 Å². The number of rotatable bonds is 7. The van der Waals surface area contributed by atoms with Crippen molar-refractivity contribution < 1.29 is 18.0 Å². The summed E-state index contributed by atoms with van der Waals surface area (Å²) < 4.78 is 41.8. The summed E-state index contributed by atoms with van der Waals surface area (Å²) in [5.41, 5.74) is -1.12. The second kappa shape index (κ2) is 10.6. The van der Waals surface area contributed by atoms with Gasteiger partial charge in [-0.05, 0) is 41.3 Å². The number of aromatic nitrogens is 1. The Morgan fingerprint density at radius 3 is 2.16 bits per heavy atom. The zero-order valence-corrected chi connectivity index (χ0v) is 21.4. The van der Waals surface area contributed by atoms with Crippen LogP contribution in [0.25, 0.3) is 10.9 Å². The number of hydrogen-bond acceptors (Lipinski definition) is 3. The lowest BCUT2D eigenvalue weighted by Crippen LogP contribution is -2.24. The molecule has 1 heterocycles. The van der Waals surface area contributed by atoms with E-state index in [0.717, 1.165) is 23.3 Å². The number of anilines is 1. The lowest BCUT2D eigenvalue weighted by atomic mass is 9.96. The van der Waals surface area contributed by atoms with Crippen molar-refractivity contribution in [2.24, 2.45) is 5.92 Å². The van der Waals surface area contributed by atoms with Gasteiger partial charge in [-0.15, -0.1) is 0 Å². The maximum Gasteiger partial charge on any atom is 0.418 e. The van der Waals surface area contributed by atoms with E-state index in [2.05, 4.69) is 10.3 Å². The van der Waals surface area contributed by atoms with Crippen LogP contribution in [0.5, 0.6) is 0 Å². The highest BCUT2D eigenvalue weighted by atomic mass is 35.5. The molecule has 0 radical (unpaired) electrons. The predicted octanol–water partition coefficient (Wildman–Crippen LogP) is 8.28. The van der Waals surface area contributed by atoms with Crippen LogP contribution in [0, 0.1) is 5.92 Å². The first kappa shape index (κ1) is 26.8. The van der Waals surface area contributed by atoms with Crippen molar-refractivity contribution in [3.05, 3.63) is 109 Å². The summed E-state index contributed by atoms with van der Waals surface area (Å²) in [6, 6.07) is 17.3. The third kappa shape index (κ3) is 5.84. The molecule has 0 saturated carbocycles. The van der Waals surface area contributed by atoms with Gasteiger partial charge < -0.3 is 10.3 Å². The minimum absolute atomic E-state index is 0.0346. The molecule has 0 aliphatic heterocycles. The molecular weight excluding hydrogens is 524 g/mol. The highest BCUT2D eigenvalue weighted by Gasteiger charge is 2.35. The number of H-pyrrole nitrogens is 1. The van der Waals surface area contributed by atoms with Crippen molar-refractivity contribution >= 4 is 45.7 Å². The molecule has 192 valence electrons. The fourth-order valence-corrected chi connectivity index (χ4v) is 4.58. The lowest BCUT2D eigenvalue weighted by molar-refractivity contribution is -0.136. The summed E-state index contributed by atoms with van der Waals surface area (Å²) in [5.74, 6) is -0.668. The van der Waals surface area contributed by atoms with E-state index in [1.54, 1.807) is 24.3 Å². The Labute approximate surface area is 221 Å². The van der Waals surface area contributed by atoms with E-state index in [4.69, 9.17) is 23.2 Å². The summed E-state index contributed by atoms with van der Waals surface area (Å²) >= 11 is 12.0. The van der Waals surface area contributed by atoms with E-state index in [0.29, 0.717) is 5.02 Å². The van der Waals surface area contributed by atoms with Crippen LogP contribution in [0.3, 0.4) is 0 Å². The molecule has 1 aromatic heterocycles. The Morgan fingerprint density at radius 2 is 1.57 bits per heavy atom. The zero-order valence-electron chi connectivity index (χ0n) is 19.9. The third-order valence-corrected chi connectivity index (χ3v) is 6.35. The van der Waals surface area contributed by atoms with Gasteiger partial charge in [0.2, 0.25) is 5.43 Å². The van der Waals surface area contributed by atoms with Gasteiger partial charge >= 0.3 is 6.18 Å². The Balaban J connectivity index is 2.00. The van der Waals surface area contributed by atoms with Gasteiger partial charge in [-0.25, -0.2) is 0 Å². The summed E-state index contributed by atoms with van der Waals surface area (Å²) in [4.78, 5) is 29.6. The molecule has 0 saturated heterocycles. The number of benzene rings is 3. The molecule has 4 rings (SSSR count). The van der Waals surface area contributed by atoms with E-state index in [-0.39, 0.29) is 34.1 Å². The largest absolute Gasteiger partial charge is 0.418 e. The van der Waals surface area contributed by atoms with Crippen LogP contribution in [-0.2, 0) is 6.18 Å². The number of ketones is 1. The zero-order chi connectivity index (χ0) is 26.9. The van der Waals surface area contributed by atoms with E-state index in [1.165, 1.54) is 0 Å². The van der Waals surface area contributed by atoms with E-state index < -0.39 is 34.5 Å². The summed E-state index contributed by atoms with van der Waals surface area (Å²) in [7, 11) is 0. The molecule has 4 nitrogen and oxygen atoms in total. The molecule has 4 aromatic rings. The first-order chi connectivity index (χ1) is 17.5. The van der Waals surface area contributed by atoms with Gasteiger partial charge in [-0.2, -0.15) is 13.2 Å². The summed E-state index contributed by atoms with van der Waals surface area (Å²) in [6.45, 7) is 3.64. The maximum atomic E-state index is 13.9. The SMILES string of the molecule is CC(C)CC(=O)c1c(NC(c2ccccc2)c2ccc(Cl)cc2)[nH]c2c(C(F)(F)F)cc(Cl)cc2c1=O. The lowest BCUT2D eigenvalue weighted by Gasteiger charge is -2.23. The summed E-state index contributed by atoms with van der Waals surface area (Å²) in [5, 5.41) is 3.11. The van der Waals surface area contributed by atoms with Gasteiger partial charge in [0.1, 0.15) is 11.4 Å². The number of fused-ring (bicyclic) bond motifs is 1. The molecule has 2 N–H and O–H groups in total. The van der Waals surface area contributed by atoms with Crippen LogP contribution in [0.15, 0.2) is 71.5 Å². The first-order valence-electron chi connectivity index (χ1n) is 11.5. The van der Waals surface area contributed by atoms with Gasteiger partial charge in [0.15, 0.2) is 5.78 Å². The molecule has 0 fully saturated rings. The highest BCUT2D eigenvalue weighted by molar-refractivity contribution is 6.31. The number of halogens is 5. The number of aromatic amines is 1. The molecule has 0 aliphatic rings. The highest BCUT2D eigenvalue weighted by Crippen LogP contribution is 2.37. The van der Waals surface area contributed by atoms with Crippen LogP contribution in [0.1, 0.15) is 53.4 Å². The minimum atomic E-state index is -4.79. The van der Waals surface area contributed by atoms with Crippen molar-refractivity contribution in [3.8, 4) is 0 Å². The number of carbonyl (C=O) groups is 1. The number of pyridine rings is 1. The smallest absolute Gasteiger partial charge is 0.360 e. The monoisotopic (exact) mass is 546 g/mol. The quantitative estimate of drug-likeness (QED) is 0.229. The predicted molar refractivity (Wildman–Crippen MR) is 142 cm³/mol. The molecule has 0 bridgehead atoms. The number of Topliss-reactive ketones (excluding diaryl/α,β-unsaturated/α-hetero) is 1. The van der Waals surface area contributed by atoms with Gasteiger partial charge in [0.05, 0.1) is 17.1 Å². The Morgan fingerprint density at radius 1 is 0.946 bits per heavy atom. The Kier molecular flexibility index (Phi) is 7.67. The molecular formula is C28H23Cl2F3N2O2. The number of hydrogen-bond donors (Lipinski definition) is 2. The second-order valence-corrected chi connectivity index (χ2v) is 10.0. The van der Waals surface area contributed by atoms with Crippen molar-refractivity contribution in [1.29, 1.82) is 0 Å². The Bertz CT molecular complexity index is 1500. The van der Waals surface area contributed by atoms with Gasteiger partial charge in [-0.1, -0.05) is 79.5 Å². The number of carbonyl (C=O) groups excluding carboxylic acids is 1. The average molecular weight is 547 g/mol. The molecule has 0 spiro atoms. The second-order valence-electron chi connectivity index (χ2n) is 9.14. The third-order valence-electron chi connectivity index (χ3n) is 5.88.